The van der Waals surface area contributed by atoms with Gasteiger partial charge in [0.05, 0.1) is 11.2 Å². The van der Waals surface area contributed by atoms with Crippen molar-refractivity contribution in [3.05, 3.63) is 34.5 Å². The fourth-order valence-electron chi connectivity index (χ4n) is 1.70. The van der Waals surface area contributed by atoms with Gasteiger partial charge in [-0.05, 0) is 0 Å². The van der Waals surface area contributed by atoms with Gasteiger partial charge in [-0.2, -0.15) is 18.3 Å². The summed E-state index contributed by atoms with van der Waals surface area (Å²) in [4.78, 5) is 19.9. The van der Waals surface area contributed by atoms with Crippen molar-refractivity contribution < 1.29 is 18.0 Å². The van der Waals surface area contributed by atoms with E-state index in [1.165, 1.54) is 6.20 Å². The first-order chi connectivity index (χ1) is 10.2. The van der Waals surface area contributed by atoms with Crippen molar-refractivity contribution in [2.75, 3.05) is 5.32 Å². The normalized spacial score (nSPS) is 11.5. The van der Waals surface area contributed by atoms with E-state index < -0.39 is 17.8 Å². The second kappa shape index (κ2) is 5.91. The lowest BCUT2D eigenvalue weighted by atomic mass is 10.3. The summed E-state index contributed by atoms with van der Waals surface area (Å²) in [6, 6.07) is 0.730. The molecule has 2 aromatic rings. The molecule has 0 saturated heterocycles. The zero-order valence-electron chi connectivity index (χ0n) is 11.6. The molecule has 2 heterocycles. The van der Waals surface area contributed by atoms with Gasteiger partial charge in [0.2, 0.25) is 0 Å². The Kier molecular flexibility index (Phi) is 4.36. The summed E-state index contributed by atoms with van der Waals surface area (Å²) < 4.78 is 38.6. The van der Waals surface area contributed by atoms with Crippen LogP contribution in [0.5, 0.6) is 0 Å². The average molecular weight is 334 g/mol. The summed E-state index contributed by atoms with van der Waals surface area (Å²) in [5.41, 5.74) is -1.10. The number of hydrogen-bond donors (Lipinski definition) is 1. The predicted molar refractivity (Wildman–Crippen MR) is 72.6 cm³/mol. The van der Waals surface area contributed by atoms with Crippen LogP contribution in [0.15, 0.2) is 12.3 Å². The van der Waals surface area contributed by atoms with Crippen molar-refractivity contribution in [3.8, 4) is 0 Å². The molecule has 22 heavy (non-hydrogen) atoms. The van der Waals surface area contributed by atoms with Crippen LogP contribution in [-0.2, 0) is 19.6 Å². The van der Waals surface area contributed by atoms with Crippen LogP contribution in [0.2, 0.25) is 5.02 Å². The molecule has 0 radical (unpaired) electrons. The minimum absolute atomic E-state index is 0.00155. The number of rotatable bonds is 3. The van der Waals surface area contributed by atoms with Crippen LogP contribution < -0.4 is 5.32 Å². The number of carbonyl (C=O) groups excluding carboxylic acids is 1. The van der Waals surface area contributed by atoms with E-state index in [1.54, 1.807) is 6.92 Å². The van der Waals surface area contributed by atoms with Crippen molar-refractivity contribution >= 4 is 23.3 Å². The largest absolute Gasteiger partial charge is 0.433 e. The molecule has 2 rings (SSSR count). The third-order valence-corrected chi connectivity index (χ3v) is 3.01. The van der Waals surface area contributed by atoms with Gasteiger partial charge in [0.25, 0.3) is 5.91 Å². The Labute approximate surface area is 128 Å². The molecule has 0 bridgehead atoms. The Morgan fingerprint density at radius 2 is 2.14 bits per heavy atom. The molecule has 0 unspecified atom stereocenters. The van der Waals surface area contributed by atoms with Crippen LogP contribution in [0.1, 0.15) is 28.9 Å². The molecule has 0 aliphatic rings. The fraction of sp³-hybridized carbons (Fsp3) is 0.333. The summed E-state index contributed by atoms with van der Waals surface area (Å²) in [5, 5.41) is 5.83. The Bertz CT molecular complexity index is 713. The lowest BCUT2D eigenvalue weighted by Gasteiger charge is -2.04. The Morgan fingerprint density at radius 3 is 2.68 bits per heavy atom. The molecule has 0 saturated carbocycles. The number of halogens is 4. The van der Waals surface area contributed by atoms with Gasteiger partial charge in [0.15, 0.2) is 11.5 Å². The molecule has 0 aliphatic heterocycles. The molecule has 0 spiro atoms. The van der Waals surface area contributed by atoms with Crippen LogP contribution in [0.3, 0.4) is 0 Å². The summed E-state index contributed by atoms with van der Waals surface area (Å²) in [6.07, 6.45) is -2.81. The maximum Gasteiger partial charge on any atom is 0.433 e. The minimum Gasteiger partial charge on any atom is -0.304 e. The number of aryl methyl sites for hydroxylation is 2. The van der Waals surface area contributed by atoms with Gasteiger partial charge < -0.3 is 5.32 Å². The van der Waals surface area contributed by atoms with Gasteiger partial charge in [0, 0.05) is 19.5 Å². The highest BCUT2D eigenvalue weighted by Gasteiger charge is 2.35. The molecule has 118 valence electrons. The SMILES string of the molecule is CCc1ncc(Cl)c(C(=O)Nc2cc(C(F)(F)F)n(C)n2)n1. The quantitative estimate of drug-likeness (QED) is 0.937. The zero-order valence-corrected chi connectivity index (χ0v) is 12.3. The van der Waals surface area contributed by atoms with Crippen molar-refractivity contribution in [3.63, 3.8) is 0 Å². The lowest BCUT2D eigenvalue weighted by molar-refractivity contribution is -0.143. The second-order valence-electron chi connectivity index (χ2n) is 4.33. The number of amides is 1. The van der Waals surface area contributed by atoms with Crippen LogP contribution in [0, 0.1) is 0 Å². The van der Waals surface area contributed by atoms with Crippen molar-refractivity contribution in [1.82, 2.24) is 19.7 Å². The minimum atomic E-state index is -4.56. The lowest BCUT2D eigenvalue weighted by Crippen LogP contribution is -2.16. The highest BCUT2D eigenvalue weighted by atomic mass is 35.5. The molecule has 6 nitrogen and oxygen atoms in total. The first kappa shape index (κ1) is 16.2. The van der Waals surface area contributed by atoms with E-state index in [0.717, 1.165) is 13.1 Å². The topological polar surface area (TPSA) is 72.7 Å². The standard InChI is InChI=1S/C12H11ClF3N5O/c1-3-8-17-5-6(13)10(18-8)11(22)19-9-4-7(12(14,15)16)21(2)20-9/h4-5H,3H2,1-2H3,(H,19,20,22). The van der Waals surface area contributed by atoms with Crippen LogP contribution in [0.4, 0.5) is 19.0 Å². The van der Waals surface area contributed by atoms with Gasteiger partial charge in [0.1, 0.15) is 11.5 Å². The van der Waals surface area contributed by atoms with Crippen molar-refractivity contribution in [1.29, 1.82) is 0 Å². The molecular formula is C12H11ClF3N5O. The summed E-state index contributed by atoms with van der Waals surface area (Å²) in [6.45, 7) is 1.79. The van der Waals surface area contributed by atoms with E-state index in [0.29, 0.717) is 16.9 Å². The number of alkyl halides is 3. The van der Waals surface area contributed by atoms with Gasteiger partial charge in [-0.15, -0.1) is 0 Å². The molecule has 0 fully saturated rings. The third kappa shape index (κ3) is 3.35. The first-order valence-electron chi connectivity index (χ1n) is 6.16. The van der Waals surface area contributed by atoms with E-state index in [9.17, 15) is 18.0 Å². The van der Waals surface area contributed by atoms with E-state index >= 15 is 0 Å². The molecule has 0 atom stereocenters. The number of hydrogen-bond acceptors (Lipinski definition) is 4. The van der Waals surface area contributed by atoms with Gasteiger partial charge in [-0.1, -0.05) is 18.5 Å². The Morgan fingerprint density at radius 1 is 1.45 bits per heavy atom. The second-order valence-corrected chi connectivity index (χ2v) is 4.73. The highest BCUT2D eigenvalue weighted by Crippen LogP contribution is 2.30. The Hall–Kier alpha value is -2.16. The molecule has 2 aromatic heterocycles. The van der Waals surface area contributed by atoms with Crippen LogP contribution >= 0.6 is 11.6 Å². The third-order valence-electron chi connectivity index (χ3n) is 2.74. The van der Waals surface area contributed by atoms with E-state index in [-0.39, 0.29) is 16.5 Å². The maximum atomic E-state index is 12.7. The van der Waals surface area contributed by atoms with Crippen LogP contribution in [-0.4, -0.2) is 25.7 Å². The molecule has 10 heteroatoms. The van der Waals surface area contributed by atoms with Gasteiger partial charge in [-0.3, -0.25) is 9.48 Å². The van der Waals surface area contributed by atoms with E-state index in [4.69, 9.17) is 11.6 Å². The number of carbonyl (C=O) groups is 1. The summed E-state index contributed by atoms with van der Waals surface area (Å²) in [7, 11) is 1.13. The van der Waals surface area contributed by atoms with Crippen LogP contribution in [0.25, 0.3) is 0 Å². The molecule has 1 amide bonds. The smallest absolute Gasteiger partial charge is 0.304 e. The summed E-state index contributed by atoms with van der Waals surface area (Å²) in [5.74, 6) is -0.604. The number of aromatic nitrogens is 4. The average Bonchev–Trinajstić information content (AvgIpc) is 2.80. The monoisotopic (exact) mass is 333 g/mol. The molecule has 1 N–H and O–H groups in total. The number of anilines is 1. The highest BCUT2D eigenvalue weighted by molar-refractivity contribution is 6.33. The van der Waals surface area contributed by atoms with Gasteiger partial charge >= 0.3 is 6.18 Å². The molecule has 0 aliphatic carbocycles. The van der Waals surface area contributed by atoms with E-state index in [2.05, 4.69) is 20.4 Å². The zero-order chi connectivity index (χ0) is 16.5. The summed E-state index contributed by atoms with van der Waals surface area (Å²) >= 11 is 5.83. The van der Waals surface area contributed by atoms with Gasteiger partial charge in [-0.25, -0.2) is 9.97 Å². The molecular weight excluding hydrogens is 323 g/mol. The first-order valence-corrected chi connectivity index (χ1v) is 6.54. The van der Waals surface area contributed by atoms with E-state index in [1.807, 2.05) is 0 Å². The van der Waals surface area contributed by atoms with Crippen molar-refractivity contribution in [2.24, 2.45) is 7.05 Å². The predicted octanol–water partition coefficient (Wildman–Crippen LogP) is 2.70. The maximum absolute atomic E-state index is 12.7. The molecule has 0 aromatic carbocycles. The number of nitrogens with zero attached hydrogens (tertiary/aromatic N) is 4. The fourth-order valence-corrected chi connectivity index (χ4v) is 1.88. The van der Waals surface area contributed by atoms with Crippen molar-refractivity contribution in [2.45, 2.75) is 19.5 Å². The number of nitrogens with one attached hydrogen (secondary N) is 1. The Balaban J connectivity index is 2.26.